The number of nitrogens with one attached hydrogen (secondary N) is 1. The lowest BCUT2D eigenvalue weighted by atomic mass is 10.2. The first kappa shape index (κ1) is 17.7. The van der Waals surface area contributed by atoms with Gasteiger partial charge in [0.2, 0.25) is 0 Å². The number of halogens is 1. The molecular formula is C16H27FN2O2. The first-order valence-corrected chi connectivity index (χ1v) is 7.15. The number of nitrogens with zero attached hydrogens (tertiary/aromatic N) is 1. The maximum atomic E-state index is 14.2. The van der Waals surface area contributed by atoms with Crippen LogP contribution in [0.4, 0.5) is 10.1 Å². The van der Waals surface area contributed by atoms with Gasteiger partial charge >= 0.3 is 0 Å². The molecule has 5 heteroatoms. The van der Waals surface area contributed by atoms with E-state index in [4.69, 9.17) is 9.47 Å². The van der Waals surface area contributed by atoms with Crippen molar-refractivity contribution in [3.05, 3.63) is 24.0 Å². The zero-order chi connectivity index (χ0) is 14.4. The highest BCUT2D eigenvalue weighted by atomic mass is 19.1. The van der Waals surface area contributed by atoms with Gasteiger partial charge in [0.25, 0.3) is 0 Å². The molecule has 0 bridgehead atoms. The van der Waals surface area contributed by atoms with Gasteiger partial charge in [-0.1, -0.05) is 13.5 Å². The number of hydrogen-bond acceptors (Lipinski definition) is 4. The van der Waals surface area contributed by atoms with Crippen LogP contribution in [0.3, 0.4) is 0 Å². The number of anilines is 1. The average molecular weight is 298 g/mol. The Balaban J connectivity index is 0.00000220. The summed E-state index contributed by atoms with van der Waals surface area (Å²) in [5.74, 6) is -0.00733. The Morgan fingerprint density at radius 1 is 1.33 bits per heavy atom. The summed E-state index contributed by atoms with van der Waals surface area (Å²) in [6.07, 6.45) is 0. The van der Waals surface area contributed by atoms with Crippen LogP contribution in [-0.2, 0) is 4.74 Å². The Labute approximate surface area is 127 Å². The van der Waals surface area contributed by atoms with Crippen molar-refractivity contribution < 1.29 is 13.9 Å². The van der Waals surface area contributed by atoms with Gasteiger partial charge in [-0.3, -0.25) is 4.90 Å². The highest BCUT2D eigenvalue weighted by molar-refractivity contribution is 5.50. The molecule has 1 fully saturated rings. The second-order valence-corrected chi connectivity index (χ2v) is 5.22. The van der Waals surface area contributed by atoms with Crippen LogP contribution in [0.5, 0.6) is 5.75 Å². The Hall–Kier alpha value is -1.33. The molecule has 0 saturated carbocycles. The molecule has 1 heterocycles. The molecule has 1 aromatic rings. The summed E-state index contributed by atoms with van der Waals surface area (Å²) in [5.41, 5.74) is 0.490. The van der Waals surface area contributed by atoms with Gasteiger partial charge in [-0.2, -0.15) is 0 Å². The van der Waals surface area contributed by atoms with E-state index < -0.39 is 0 Å². The number of benzene rings is 1. The van der Waals surface area contributed by atoms with Gasteiger partial charge in [-0.15, -0.1) is 0 Å². The first-order chi connectivity index (χ1) is 9.66. The van der Waals surface area contributed by atoms with E-state index >= 15 is 0 Å². The summed E-state index contributed by atoms with van der Waals surface area (Å²) in [6, 6.07) is 5.38. The summed E-state index contributed by atoms with van der Waals surface area (Å²) in [4.78, 5) is 2.26. The molecular weight excluding hydrogens is 271 g/mol. The molecule has 0 aromatic heterocycles. The largest absolute Gasteiger partial charge is 0.489 e. The van der Waals surface area contributed by atoms with Crippen molar-refractivity contribution in [3.8, 4) is 5.75 Å². The van der Waals surface area contributed by atoms with Crippen LogP contribution in [0.25, 0.3) is 0 Å². The van der Waals surface area contributed by atoms with E-state index in [1.54, 1.807) is 18.2 Å². The smallest absolute Gasteiger partial charge is 0.188 e. The van der Waals surface area contributed by atoms with Crippen LogP contribution in [0.2, 0.25) is 0 Å². The lowest BCUT2D eigenvalue weighted by Gasteiger charge is -2.26. The van der Waals surface area contributed by atoms with Crippen molar-refractivity contribution in [3.63, 3.8) is 0 Å². The lowest BCUT2D eigenvalue weighted by molar-refractivity contribution is 0.0320. The molecule has 0 atom stereocenters. The zero-order valence-corrected chi connectivity index (χ0v) is 12.2. The highest BCUT2D eigenvalue weighted by Gasteiger charge is 2.12. The third-order valence-electron chi connectivity index (χ3n) is 3.18. The number of ether oxygens (including phenoxy) is 2. The molecule has 2 rings (SSSR count). The number of rotatable bonds is 6. The van der Waals surface area contributed by atoms with Crippen molar-refractivity contribution in [2.75, 3.05) is 44.8 Å². The SMILES string of the molecule is C.CC(C)Nc1cccc(OCCN2CCOCC2)c1F. The van der Waals surface area contributed by atoms with Gasteiger partial charge in [0.15, 0.2) is 11.6 Å². The van der Waals surface area contributed by atoms with Crippen molar-refractivity contribution in [1.29, 1.82) is 0 Å². The van der Waals surface area contributed by atoms with Crippen molar-refractivity contribution in [1.82, 2.24) is 4.90 Å². The van der Waals surface area contributed by atoms with Crippen LogP contribution < -0.4 is 10.1 Å². The summed E-state index contributed by atoms with van der Waals surface area (Å²) in [6.45, 7) is 8.61. The van der Waals surface area contributed by atoms with Gasteiger partial charge in [0, 0.05) is 25.7 Å². The molecule has 21 heavy (non-hydrogen) atoms. The molecule has 4 nitrogen and oxygen atoms in total. The molecule has 1 aliphatic heterocycles. The average Bonchev–Trinajstić information content (AvgIpc) is 2.43. The molecule has 1 aromatic carbocycles. The molecule has 1 aliphatic rings. The topological polar surface area (TPSA) is 33.7 Å². The zero-order valence-electron chi connectivity index (χ0n) is 12.2. The minimum Gasteiger partial charge on any atom is -0.489 e. The maximum Gasteiger partial charge on any atom is 0.188 e. The number of hydrogen-bond donors (Lipinski definition) is 1. The molecule has 0 spiro atoms. The van der Waals surface area contributed by atoms with E-state index in [-0.39, 0.29) is 19.3 Å². The molecule has 0 amide bonds. The standard InChI is InChI=1S/C15H23FN2O2.CH4/c1-12(2)17-13-4-3-5-14(15(13)16)20-11-8-18-6-9-19-10-7-18;/h3-5,12,17H,6-11H2,1-2H3;1H4. The second-order valence-electron chi connectivity index (χ2n) is 5.22. The Morgan fingerprint density at radius 2 is 2.05 bits per heavy atom. The van der Waals surface area contributed by atoms with Gasteiger partial charge < -0.3 is 14.8 Å². The van der Waals surface area contributed by atoms with E-state index in [1.807, 2.05) is 13.8 Å². The predicted octanol–water partition coefficient (Wildman–Crippen LogP) is 2.99. The van der Waals surface area contributed by atoms with Crippen molar-refractivity contribution in [2.45, 2.75) is 27.3 Å². The highest BCUT2D eigenvalue weighted by Crippen LogP contribution is 2.24. The molecule has 0 unspecified atom stereocenters. The van der Waals surface area contributed by atoms with E-state index in [1.165, 1.54) is 0 Å². The van der Waals surface area contributed by atoms with Crippen LogP contribution in [0.15, 0.2) is 18.2 Å². The molecule has 1 saturated heterocycles. The van der Waals surface area contributed by atoms with Gasteiger partial charge in [-0.05, 0) is 26.0 Å². The lowest BCUT2D eigenvalue weighted by Crippen LogP contribution is -2.38. The van der Waals surface area contributed by atoms with Crippen LogP contribution in [0, 0.1) is 5.82 Å². The summed E-state index contributed by atoms with van der Waals surface area (Å²) >= 11 is 0. The van der Waals surface area contributed by atoms with Gasteiger partial charge in [0.1, 0.15) is 6.61 Å². The quantitative estimate of drug-likeness (QED) is 0.875. The Bertz CT molecular complexity index is 421. The Kier molecular flexibility index (Phi) is 7.47. The molecule has 1 N–H and O–H groups in total. The minimum absolute atomic E-state index is 0. The minimum atomic E-state index is -0.317. The summed E-state index contributed by atoms with van der Waals surface area (Å²) in [7, 11) is 0. The van der Waals surface area contributed by atoms with E-state index in [9.17, 15) is 4.39 Å². The van der Waals surface area contributed by atoms with Crippen LogP contribution >= 0.6 is 0 Å². The Morgan fingerprint density at radius 3 is 2.71 bits per heavy atom. The molecule has 0 aliphatic carbocycles. The first-order valence-electron chi connectivity index (χ1n) is 7.15. The van der Waals surface area contributed by atoms with Crippen LogP contribution in [-0.4, -0.2) is 50.4 Å². The summed E-state index contributed by atoms with van der Waals surface area (Å²) < 4.78 is 25.0. The third-order valence-corrected chi connectivity index (χ3v) is 3.18. The van der Waals surface area contributed by atoms with E-state index in [0.717, 1.165) is 32.8 Å². The van der Waals surface area contributed by atoms with E-state index in [0.29, 0.717) is 18.0 Å². The maximum absolute atomic E-state index is 14.2. The molecule has 120 valence electrons. The third kappa shape index (κ3) is 5.52. The fraction of sp³-hybridized carbons (Fsp3) is 0.625. The van der Waals surface area contributed by atoms with E-state index in [2.05, 4.69) is 10.2 Å². The monoisotopic (exact) mass is 298 g/mol. The van der Waals surface area contributed by atoms with Crippen molar-refractivity contribution in [2.24, 2.45) is 0 Å². The fourth-order valence-corrected chi connectivity index (χ4v) is 2.15. The van der Waals surface area contributed by atoms with Crippen molar-refractivity contribution >= 4 is 5.69 Å². The second kappa shape index (κ2) is 8.85. The fourth-order valence-electron chi connectivity index (χ4n) is 2.15. The summed E-state index contributed by atoms with van der Waals surface area (Å²) in [5, 5.41) is 3.07. The van der Waals surface area contributed by atoms with Crippen LogP contribution in [0.1, 0.15) is 21.3 Å². The number of morpholine rings is 1. The van der Waals surface area contributed by atoms with Gasteiger partial charge in [0.05, 0.1) is 18.9 Å². The normalized spacial score (nSPS) is 15.6. The molecule has 0 radical (unpaired) electrons. The predicted molar refractivity (Wildman–Crippen MR) is 84.6 cm³/mol. The van der Waals surface area contributed by atoms with Gasteiger partial charge in [-0.25, -0.2) is 4.39 Å².